The Labute approximate surface area is 106 Å². The summed E-state index contributed by atoms with van der Waals surface area (Å²) in [6.07, 6.45) is 0. The van der Waals surface area contributed by atoms with E-state index in [1.807, 2.05) is 0 Å². The quantitative estimate of drug-likeness (QED) is 0.681. The minimum absolute atomic E-state index is 0.177. The molecule has 0 aromatic heterocycles. The fraction of sp³-hybridized carbons (Fsp3) is 0. The van der Waals surface area contributed by atoms with Crippen LogP contribution in [0.4, 0.5) is 10.1 Å². The zero-order valence-electron chi connectivity index (χ0n) is 8.78. The molecule has 2 N–H and O–H groups in total. The third-order valence-electron chi connectivity index (χ3n) is 2.36. The number of nitrogens with two attached hydrogens (primary N) is 1. The lowest BCUT2D eigenvalue weighted by Gasteiger charge is -2.03. The molecule has 0 bridgehead atoms. The number of carbonyl (C=O) groups excluding carboxylic acids is 1. The fourth-order valence-electron chi connectivity index (χ4n) is 1.45. The molecule has 2 nitrogen and oxygen atoms in total. The molecule has 0 unspecified atom stereocenters. The average Bonchev–Trinajstić information content (AvgIpc) is 2.33. The Balaban J connectivity index is 2.37. The van der Waals surface area contributed by atoms with E-state index in [-0.39, 0.29) is 11.6 Å². The van der Waals surface area contributed by atoms with Crippen LogP contribution in [0.15, 0.2) is 46.9 Å². The molecule has 0 aliphatic rings. The highest BCUT2D eigenvalue weighted by molar-refractivity contribution is 9.10. The van der Waals surface area contributed by atoms with Gasteiger partial charge in [0, 0.05) is 21.3 Å². The molecule has 0 amide bonds. The van der Waals surface area contributed by atoms with Crippen LogP contribution < -0.4 is 5.73 Å². The first-order valence-corrected chi connectivity index (χ1v) is 5.72. The largest absolute Gasteiger partial charge is 0.398 e. The van der Waals surface area contributed by atoms with Gasteiger partial charge in [0.15, 0.2) is 5.78 Å². The van der Waals surface area contributed by atoms with Gasteiger partial charge in [0.25, 0.3) is 0 Å². The van der Waals surface area contributed by atoms with E-state index in [1.54, 1.807) is 18.2 Å². The van der Waals surface area contributed by atoms with Gasteiger partial charge in [0.1, 0.15) is 5.82 Å². The number of rotatable bonds is 2. The molecule has 0 radical (unpaired) electrons. The molecule has 0 aliphatic carbocycles. The molecule has 0 heterocycles. The Morgan fingerprint density at radius 2 is 1.65 bits per heavy atom. The third kappa shape index (κ3) is 2.53. The van der Waals surface area contributed by atoms with E-state index in [1.165, 1.54) is 24.3 Å². The third-order valence-corrected chi connectivity index (χ3v) is 3.09. The highest BCUT2D eigenvalue weighted by Gasteiger charge is 2.10. The smallest absolute Gasteiger partial charge is 0.193 e. The highest BCUT2D eigenvalue weighted by Crippen LogP contribution is 2.21. The molecule has 2 rings (SSSR count). The summed E-state index contributed by atoms with van der Waals surface area (Å²) in [7, 11) is 0. The number of carbonyl (C=O) groups is 1. The van der Waals surface area contributed by atoms with Crippen molar-refractivity contribution in [3.05, 3.63) is 63.9 Å². The zero-order chi connectivity index (χ0) is 12.4. The van der Waals surface area contributed by atoms with Gasteiger partial charge in [-0.25, -0.2) is 4.39 Å². The van der Waals surface area contributed by atoms with Crippen LogP contribution in [0.5, 0.6) is 0 Å². The van der Waals surface area contributed by atoms with Crippen molar-refractivity contribution >= 4 is 27.4 Å². The summed E-state index contributed by atoms with van der Waals surface area (Å²) in [5.41, 5.74) is 7.12. The van der Waals surface area contributed by atoms with Crippen molar-refractivity contribution in [2.45, 2.75) is 0 Å². The Morgan fingerprint density at radius 1 is 1.06 bits per heavy atom. The monoisotopic (exact) mass is 293 g/mol. The lowest BCUT2D eigenvalue weighted by molar-refractivity contribution is 0.103. The van der Waals surface area contributed by atoms with Gasteiger partial charge in [0.2, 0.25) is 0 Å². The van der Waals surface area contributed by atoms with Gasteiger partial charge in [-0.3, -0.25) is 4.79 Å². The second kappa shape index (κ2) is 4.67. The minimum atomic E-state index is -0.364. The molecule has 0 saturated carbocycles. The summed E-state index contributed by atoms with van der Waals surface area (Å²) in [4.78, 5) is 12.0. The second-order valence-electron chi connectivity index (χ2n) is 3.57. The minimum Gasteiger partial charge on any atom is -0.398 e. The number of hydrogen-bond acceptors (Lipinski definition) is 2. The van der Waals surface area contributed by atoms with Crippen LogP contribution in [-0.4, -0.2) is 5.78 Å². The molecule has 4 heteroatoms. The van der Waals surface area contributed by atoms with Gasteiger partial charge in [-0.05, 0) is 58.4 Å². The van der Waals surface area contributed by atoms with Gasteiger partial charge in [-0.1, -0.05) is 0 Å². The first-order valence-electron chi connectivity index (χ1n) is 4.93. The van der Waals surface area contributed by atoms with Crippen LogP contribution in [0.2, 0.25) is 0 Å². The van der Waals surface area contributed by atoms with E-state index in [2.05, 4.69) is 15.9 Å². The van der Waals surface area contributed by atoms with Crippen LogP contribution in [-0.2, 0) is 0 Å². The summed E-state index contributed by atoms with van der Waals surface area (Å²) in [6, 6.07) is 10.4. The number of hydrogen-bond donors (Lipinski definition) is 1. The highest BCUT2D eigenvalue weighted by atomic mass is 79.9. The van der Waals surface area contributed by atoms with E-state index < -0.39 is 0 Å². The van der Waals surface area contributed by atoms with Crippen LogP contribution in [0, 0.1) is 5.82 Å². The van der Waals surface area contributed by atoms with Gasteiger partial charge in [-0.2, -0.15) is 0 Å². The van der Waals surface area contributed by atoms with Crippen molar-refractivity contribution in [1.82, 2.24) is 0 Å². The number of ketones is 1. The number of nitrogen functional groups attached to an aromatic ring is 1. The molecular weight excluding hydrogens is 285 g/mol. The van der Waals surface area contributed by atoms with Crippen molar-refractivity contribution in [3.63, 3.8) is 0 Å². The molecule has 0 fully saturated rings. The van der Waals surface area contributed by atoms with Crippen molar-refractivity contribution < 1.29 is 9.18 Å². The number of anilines is 1. The van der Waals surface area contributed by atoms with Crippen LogP contribution in [0.3, 0.4) is 0 Å². The molecule has 0 spiro atoms. The SMILES string of the molecule is Nc1cc(C(=O)c2ccc(F)cc2)ccc1Br. The Kier molecular flexibility index (Phi) is 3.24. The maximum atomic E-state index is 12.7. The van der Waals surface area contributed by atoms with E-state index in [4.69, 9.17) is 5.73 Å². The topological polar surface area (TPSA) is 43.1 Å². The Hall–Kier alpha value is -1.68. The van der Waals surface area contributed by atoms with Crippen molar-refractivity contribution in [2.75, 3.05) is 5.73 Å². The molecule has 2 aromatic rings. The first kappa shape index (κ1) is 11.8. The average molecular weight is 294 g/mol. The Morgan fingerprint density at radius 3 is 2.24 bits per heavy atom. The lowest BCUT2D eigenvalue weighted by atomic mass is 10.0. The molecule has 86 valence electrons. The summed E-state index contributed by atoms with van der Waals surface area (Å²) in [5, 5.41) is 0. The van der Waals surface area contributed by atoms with E-state index in [0.29, 0.717) is 16.8 Å². The molecule has 2 aromatic carbocycles. The van der Waals surface area contributed by atoms with Crippen LogP contribution in [0.25, 0.3) is 0 Å². The predicted octanol–water partition coefficient (Wildman–Crippen LogP) is 3.40. The van der Waals surface area contributed by atoms with Crippen molar-refractivity contribution in [1.29, 1.82) is 0 Å². The summed E-state index contributed by atoms with van der Waals surface area (Å²) in [5.74, 6) is -0.541. The lowest BCUT2D eigenvalue weighted by Crippen LogP contribution is -2.02. The van der Waals surface area contributed by atoms with Gasteiger partial charge < -0.3 is 5.73 Å². The summed E-state index contributed by atoms with van der Waals surface area (Å²) in [6.45, 7) is 0. The first-order chi connectivity index (χ1) is 8.08. The fourth-order valence-corrected chi connectivity index (χ4v) is 1.70. The Bertz CT molecular complexity index is 566. The zero-order valence-corrected chi connectivity index (χ0v) is 10.4. The van der Waals surface area contributed by atoms with Crippen LogP contribution in [0.1, 0.15) is 15.9 Å². The van der Waals surface area contributed by atoms with Gasteiger partial charge in [0.05, 0.1) is 0 Å². The van der Waals surface area contributed by atoms with Crippen molar-refractivity contribution in [2.24, 2.45) is 0 Å². The van der Waals surface area contributed by atoms with Crippen LogP contribution >= 0.6 is 15.9 Å². The van der Waals surface area contributed by atoms with E-state index >= 15 is 0 Å². The molecule has 17 heavy (non-hydrogen) atoms. The van der Waals surface area contributed by atoms with E-state index in [0.717, 1.165) is 4.47 Å². The molecule has 0 saturated heterocycles. The molecule has 0 aliphatic heterocycles. The maximum Gasteiger partial charge on any atom is 0.193 e. The number of benzene rings is 2. The summed E-state index contributed by atoms with van der Waals surface area (Å²) >= 11 is 3.26. The van der Waals surface area contributed by atoms with E-state index in [9.17, 15) is 9.18 Å². The second-order valence-corrected chi connectivity index (χ2v) is 4.43. The summed E-state index contributed by atoms with van der Waals surface area (Å²) < 4.78 is 13.5. The van der Waals surface area contributed by atoms with Gasteiger partial charge >= 0.3 is 0 Å². The molecule has 0 atom stereocenters. The van der Waals surface area contributed by atoms with Gasteiger partial charge in [-0.15, -0.1) is 0 Å². The normalized spacial score (nSPS) is 10.2. The molecular formula is C13H9BrFNO. The maximum absolute atomic E-state index is 12.7. The van der Waals surface area contributed by atoms with Crippen molar-refractivity contribution in [3.8, 4) is 0 Å². The number of halogens is 2. The predicted molar refractivity (Wildman–Crippen MR) is 68.4 cm³/mol. The standard InChI is InChI=1S/C13H9BrFNO/c14-11-6-3-9(7-12(11)16)13(17)8-1-4-10(15)5-2-8/h1-7H,16H2.